The number of aliphatic imine (C=N–C) groups is 1. The minimum absolute atomic E-state index is 0.0525. The van der Waals surface area contributed by atoms with E-state index in [1.165, 1.54) is 39.5 Å². The summed E-state index contributed by atoms with van der Waals surface area (Å²) in [5.74, 6) is -5.45. The monoisotopic (exact) mass is 1270 g/mol. The lowest BCUT2D eigenvalue weighted by molar-refractivity contribution is -0.147. The molecule has 0 saturated carbocycles. The highest BCUT2D eigenvalue weighted by Gasteiger charge is 2.44. The molecule has 2 aromatic carbocycles. The molecule has 87 heavy (non-hydrogen) atoms. The highest BCUT2D eigenvalue weighted by molar-refractivity contribution is 7.99. The van der Waals surface area contributed by atoms with E-state index in [2.05, 4.69) is 47.5 Å². The second-order valence-electron chi connectivity index (χ2n) is 21.7. The zero-order valence-electron chi connectivity index (χ0n) is 50.0. The van der Waals surface area contributed by atoms with Gasteiger partial charge in [-0.05, 0) is 67.2 Å². The van der Waals surface area contributed by atoms with Crippen LogP contribution in [0, 0.1) is 11.8 Å². The van der Waals surface area contributed by atoms with E-state index in [0.717, 1.165) is 29.5 Å². The standard InChI is InChI=1S/C59H90N14O11S3/c1-3-5-19-66-59(84)67-32-43-36-86-34-40-26-39(33-85-25-22-65-51(75)42(30-63-20-17-60)31-64-21-18-61)27-41(28-40)35-87-37-47(58(82)83)71-54(78)46(29-38-11-7-6-8-12-38)70-53(77)45(15-16-50(62)74)69-52(76)44(4-2)68-55(79)48-13-9-23-72(48)57(81)49-14-10-24-73(49)56(43)80/h6-8,11-12,26-28,32,42-49,63-64H,3-5,9-10,13-25,29-31,33-37,60-61H2,1-2H3,(H2,62,74)(H,65,75)(H,66,84)(H,68,79)(H,69,76)(H,70,77)(H,71,78)(H,82,83)/t43?,44-,45-,46-,47-,48-,49-/m0/s1. The van der Waals surface area contributed by atoms with Crippen LogP contribution in [-0.2, 0) is 66.8 Å². The normalized spacial score (nSPS) is 22.3. The smallest absolute Gasteiger partial charge is 0.340 e. The molecule has 28 heteroatoms. The molecule has 0 spiro atoms. The summed E-state index contributed by atoms with van der Waals surface area (Å²) >= 11 is 4.31. The molecule has 2 fully saturated rings. The van der Waals surface area contributed by atoms with Crippen molar-refractivity contribution in [2.75, 3.05) is 82.7 Å². The van der Waals surface area contributed by atoms with Crippen molar-refractivity contribution < 1.29 is 53.1 Å². The molecule has 0 aliphatic carbocycles. The molecule has 3 aliphatic rings. The van der Waals surface area contributed by atoms with Gasteiger partial charge in [-0.25, -0.2) is 14.6 Å². The number of thioether (sulfide) groups is 3. The van der Waals surface area contributed by atoms with E-state index >= 15 is 0 Å². The summed E-state index contributed by atoms with van der Waals surface area (Å²) in [4.78, 5) is 145. The van der Waals surface area contributed by atoms with E-state index in [1.54, 1.807) is 49.0 Å². The van der Waals surface area contributed by atoms with Gasteiger partial charge in [0.25, 0.3) is 0 Å². The maximum Gasteiger partial charge on any atom is 0.340 e. The van der Waals surface area contributed by atoms with Crippen molar-refractivity contribution in [3.8, 4) is 0 Å². The van der Waals surface area contributed by atoms with Crippen LogP contribution in [0.4, 0.5) is 4.79 Å². The summed E-state index contributed by atoms with van der Waals surface area (Å²) in [5.41, 5.74) is 20.1. The number of rotatable bonds is 25. The number of hydrogen-bond acceptors (Lipinski definition) is 17. The molecule has 10 amide bonds. The number of aliphatic carboxylic acids is 1. The molecule has 1 unspecified atom stereocenters. The molecule has 7 atom stereocenters. The number of nitrogens with two attached hydrogens (primary N) is 3. The van der Waals surface area contributed by atoms with Gasteiger partial charge in [0.1, 0.15) is 36.3 Å². The summed E-state index contributed by atoms with van der Waals surface area (Å²) in [6.45, 7) is 7.82. The Balaban J connectivity index is 1.48. The largest absolute Gasteiger partial charge is 0.480 e. The van der Waals surface area contributed by atoms with E-state index in [1.807, 2.05) is 25.1 Å². The molecule has 25 nitrogen and oxygen atoms in total. The highest BCUT2D eigenvalue weighted by atomic mass is 32.2. The second-order valence-corrected chi connectivity index (χ2v) is 24.9. The van der Waals surface area contributed by atoms with Crippen LogP contribution in [-0.4, -0.2) is 199 Å². The maximum atomic E-state index is 14.8. The van der Waals surface area contributed by atoms with Crippen LogP contribution >= 0.6 is 35.3 Å². The summed E-state index contributed by atoms with van der Waals surface area (Å²) in [5, 5.41) is 33.4. The van der Waals surface area contributed by atoms with Gasteiger partial charge in [-0.2, -0.15) is 35.3 Å². The molecule has 3 heterocycles. The van der Waals surface area contributed by atoms with Crippen molar-refractivity contribution in [3.63, 3.8) is 0 Å². The third kappa shape index (κ3) is 24.3. The fourth-order valence-corrected chi connectivity index (χ4v) is 13.0. The third-order valence-corrected chi connectivity index (χ3v) is 18.1. The average molecular weight is 1270 g/mol. The highest BCUT2D eigenvalue weighted by Crippen LogP contribution is 2.29. The quantitative estimate of drug-likeness (QED) is 0.0471. The molecular formula is C59H90N14O11S3. The van der Waals surface area contributed by atoms with Gasteiger partial charge in [-0.15, -0.1) is 0 Å². The minimum Gasteiger partial charge on any atom is -0.480 e. The van der Waals surface area contributed by atoms with Crippen LogP contribution in [0.1, 0.15) is 93.9 Å². The molecule has 2 bridgehead atoms. The molecule has 2 aromatic rings. The first kappa shape index (κ1) is 71.5. The van der Waals surface area contributed by atoms with E-state index in [-0.39, 0.29) is 68.5 Å². The SMILES string of the molecule is CCCCNC(=O)N=CC1CSCc2cc(CSCCNC(=O)C(CNCCN)CNCCN)cc(c2)CSC[C@@H](C(=O)O)NC(=O)[C@H](Cc2ccccc2)NC(=O)[C@H](CCC(N)=O)NC(=O)[C@H](CC)NC(=O)[C@@H]2CCCN2C(=O)[C@@H]2CCCN2C1=O. The first-order valence-electron chi connectivity index (χ1n) is 30.1. The number of benzene rings is 2. The summed E-state index contributed by atoms with van der Waals surface area (Å²) < 4.78 is 0. The number of carboxylic acid groups (broad SMARTS) is 1. The maximum absolute atomic E-state index is 14.8. The van der Waals surface area contributed by atoms with Crippen molar-refractivity contribution in [1.82, 2.24) is 52.3 Å². The molecule has 15 N–H and O–H groups in total. The topological polar surface area (TPSA) is 384 Å². The van der Waals surface area contributed by atoms with Gasteiger partial charge in [0.05, 0.1) is 11.8 Å². The molecule has 0 radical (unpaired) electrons. The molecule has 5 rings (SSSR count). The van der Waals surface area contributed by atoms with Crippen LogP contribution in [0.2, 0.25) is 0 Å². The average Bonchev–Trinajstić information content (AvgIpc) is 3.48. The van der Waals surface area contributed by atoms with E-state index in [4.69, 9.17) is 17.2 Å². The first-order valence-corrected chi connectivity index (χ1v) is 33.6. The number of primary amides is 1. The Bertz CT molecular complexity index is 2630. The van der Waals surface area contributed by atoms with Gasteiger partial charge < -0.3 is 74.6 Å². The van der Waals surface area contributed by atoms with Crippen LogP contribution < -0.4 is 59.7 Å². The fourth-order valence-electron chi connectivity index (χ4n) is 10.3. The zero-order valence-corrected chi connectivity index (χ0v) is 52.5. The van der Waals surface area contributed by atoms with Crippen molar-refractivity contribution in [2.45, 2.75) is 132 Å². The number of urea groups is 1. The lowest BCUT2D eigenvalue weighted by atomic mass is 10.0. The van der Waals surface area contributed by atoms with Gasteiger partial charge >= 0.3 is 12.0 Å². The molecule has 3 aliphatic heterocycles. The molecular weight excluding hydrogens is 1180 g/mol. The van der Waals surface area contributed by atoms with Gasteiger partial charge in [0.2, 0.25) is 47.3 Å². The Kier molecular flexibility index (Phi) is 31.9. The minimum atomic E-state index is -1.45. The number of carboxylic acids is 1. The number of amides is 10. The van der Waals surface area contributed by atoms with Crippen molar-refractivity contribution >= 4 is 101 Å². The lowest BCUT2D eigenvalue weighted by Gasteiger charge is -2.32. The third-order valence-electron chi connectivity index (χ3n) is 14.9. The van der Waals surface area contributed by atoms with Gasteiger partial charge in [-0.1, -0.05) is 68.8 Å². The zero-order chi connectivity index (χ0) is 63.1. The fraction of sp³-hybridized carbons (Fsp3) is 0.610. The van der Waals surface area contributed by atoms with Crippen LogP contribution in [0.25, 0.3) is 0 Å². The number of hydrogen-bond donors (Lipinski definition) is 12. The molecule has 0 aromatic heterocycles. The number of nitrogens with zero attached hydrogens (tertiary/aromatic N) is 3. The number of carbonyl (C=O) groups is 10. The van der Waals surface area contributed by atoms with E-state index in [9.17, 15) is 53.1 Å². The van der Waals surface area contributed by atoms with Crippen LogP contribution in [0.15, 0.2) is 53.5 Å². The Morgan fingerprint density at radius 3 is 1.98 bits per heavy atom. The van der Waals surface area contributed by atoms with Crippen molar-refractivity contribution in [2.24, 2.45) is 34.0 Å². The van der Waals surface area contributed by atoms with Crippen molar-refractivity contribution in [3.05, 3.63) is 70.8 Å². The lowest BCUT2D eigenvalue weighted by Crippen LogP contribution is -2.59. The second kappa shape index (κ2) is 38.9. The summed E-state index contributed by atoms with van der Waals surface area (Å²) in [6.07, 6.45) is 3.84. The Labute approximate surface area is 522 Å². The Morgan fingerprint density at radius 2 is 1.34 bits per heavy atom. The van der Waals surface area contributed by atoms with E-state index in [0.29, 0.717) is 100 Å². The Hall–Kier alpha value is -6.30. The van der Waals surface area contributed by atoms with Crippen LogP contribution in [0.3, 0.4) is 0 Å². The van der Waals surface area contributed by atoms with Gasteiger partial charge in [-0.3, -0.25) is 38.4 Å². The van der Waals surface area contributed by atoms with Crippen molar-refractivity contribution in [1.29, 1.82) is 0 Å². The first-order chi connectivity index (χ1) is 42.0. The number of fused-ring (bicyclic) bond motifs is 4. The predicted molar refractivity (Wildman–Crippen MR) is 339 cm³/mol. The number of carbonyl (C=O) groups excluding carboxylic acids is 9. The van der Waals surface area contributed by atoms with Gasteiger partial charge in [0.15, 0.2) is 0 Å². The number of unbranched alkanes of at least 4 members (excludes halogenated alkanes) is 1. The molecule has 480 valence electrons. The molecule has 2 saturated heterocycles. The van der Waals surface area contributed by atoms with E-state index < -0.39 is 95.5 Å². The van der Waals surface area contributed by atoms with Gasteiger partial charge in [0, 0.05) is 119 Å². The summed E-state index contributed by atoms with van der Waals surface area (Å²) in [7, 11) is 0. The number of nitrogens with one attached hydrogen (secondary N) is 8. The van der Waals surface area contributed by atoms with Crippen LogP contribution in [0.5, 0.6) is 0 Å². The summed E-state index contributed by atoms with van der Waals surface area (Å²) in [6, 6.07) is 6.80. The predicted octanol–water partition coefficient (Wildman–Crippen LogP) is 0.349. The Morgan fingerprint density at radius 1 is 0.736 bits per heavy atom.